The van der Waals surface area contributed by atoms with Gasteiger partial charge in [0.25, 0.3) is 0 Å². The molecule has 0 amide bonds. The first kappa shape index (κ1) is 17.9. The minimum Gasteiger partial charge on any atom is -0.466 e. The Labute approximate surface area is 154 Å². The van der Waals surface area contributed by atoms with Gasteiger partial charge in [-0.2, -0.15) is 0 Å². The van der Waals surface area contributed by atoms with Crippen molar-refractivity contribution in [3.05, 3.63) is 66.8 Å². The van der Waals surface area contributed by atoms with Crippen molar-refractivity contribution in [2.24, 2.45) is 0 Å². The number of imidazole rings is 1. The van der Waals surface area contributed by atoms with E-state index in [4.69, 9.17) is 0 Å². The van der Waals surface area contributed by atoms with Crippen molar-refractivity contribution in [1.82, 2.24) is 15.0 Å². The summed E-state index contributed by atoms with van der Waals surface area (Å²) >= 11 is 1.45. The van der Waals surface area contributed by atoms with Crippen LogP contribution < -0.4 is 0 Å². The minimum atomic E-state index is -0.394. The van der Waals surface area contributed by atoms with E-state index in [1.54, 1.807) is 30.6 Å². The van der Waals surface area contributed by atoms with Gasteiger partial charge in [-0.05, 0) is 36.4 Å². The third kappa shape index (κ3) is 4.37. The van der Waals surface area contributed by atoms with Crippen molar-refractivity contribution in [2.75, 3.05) is 12.9 Å². The number of nitrogens with one attached hydrogen (secondary N) is 1. The molecular weight excluding hydrogens is 353 g/mol. The summed E-state index contributed by atoms with van der Waals surface area (Å²) in [5.74, 6) is -0.131. The van der Waals surface area contributed by atoms with E-state index < -0.39 is 5.97 Å². The molecule has 5 nitrogen and oxygen atoms in total. The molecule has 1 aromatic carbocycles. The summed E-state index contributed by atoms with van der Waals surface area (Å²) in [7, 11) is 1.34. The molecule has 2 aromatic heterocycles. The van der Waals surface area contributed by atoms with Crippen LogP contribution in [0, 0.1) is 5.82 Å². The average molecular weight is 369 g/mol. The van der Waals surface area contributed by atoms with Gasteiger partial charge in [0.1, 0.15) is 5.82 Å². The second-order valence-corrected chi connectivity index (χ2v) is 6.25. The van der Waals surface area contributed by atoms with Crippen molar-refractivity contribution >= 4 is 17.7 Å². The molecule has 0 radical (unpaired) electrons. The molecule has 0 fully saturated rings. The second kappa shape index (κ2) is 8.44. The highest BCUT2D eigenvalue weighted by molar-refractivity contribution is 7.99. The number of aromatic amines is 1. The van der Waals surface area contributed by atoms with Gasteiger partial charge in [0, 0.05) is 35.3 Å². The molecule has 3 aromatic rings. The highest BCUT2D eigenvalue weighted by atomic mass is 32.2. The summed E-state index contributed by atoms with van der Waals surface area (Å²) in [6.07, 6.45) is 6.50. The maximum atomic E-state index is 13.2. The van der Waals surface area contributed by atoms with E-state index >= 15 is 0 Å². The molecule has 0 saturated carbocycles. The normalized spacial score (nSPS) is 11.0. The molecule has 2 heterocycles. The Morgan fingerprint density at radius 3 is 2.62 bits per heavy atom. The predicted molar refractivity (Wildman–Crippen MR) is 99.1 cm³/mol. The number of halogens is 1. The van der Waals surface area contributed by atoms with Crippen LogP contribution in [0.5, 0.6) is 0 Å². The summed E-state index contributed by atoms with van der Waals surface area (Å²) in [6.45, 7) is 0. The summed E-state index contributed by atoms with van der Waals surface area (Å²) in [6, 6.07) is 9.97. The molecule has 0 bridgehead atoms. The maximum Gasteiger partial charge on any atom is 0.330 e. The van der Waals surface area contributed by atoms with E-state index in [0.29, 0.717) is 10.9 Å². The summed E-state index contributed by atoms with van der Waals surface area (Å²) in [4.78, 5) is 23.1. The molecular formula is C19H16FN3O2S. The smallest absolute Gasteiger partial charge is 0.330 e. The molecule has 132 valence electrons. The fraction of sp³-hybridized carbons (Fsp3) is 0.105. The molecule has 0 unspecified atom stereocenters. The van der Waals surface area contributed by atoms with Gasteiger partial charge in [0.05, 0.1) is 18.5 Å². The molecule has 0 aliphatic carbocycles. The number of benzene rings is 1. The van der Waals surface area contributed by atoms with Crippen LogP contribution in [-0.2, 0) is 9.53 Å². The number of pyridine rings is 1. The van der Waals surface area contributed by atoms with Crippen LogP contribution in [0.4, 0.5) is 4.39 Å². The number of hydrogen-bond acceptors (Lipinski definition) is 5. The number of thioether (sulfide) groups is 1. The van der Waals surface area contributed by atoms with Crippen molar-refractivity contribution in [3.8, 4) is 22.5 Å². The SMILES string of the molecule is COC(=O)/C=C/CSc1nc(-c2ccc(F)cc2)c(-c2ccncc2)[nH]1. The third-order valence-electron chi connectivity index (χ3n) is 3.54. The Kier molecular flexibility index (Phi) is 5.80. The molecule has 0 spiro atoms. The topological polar surface area (TPSA) is 67.9 Å². The average Bonchev–Trinajstić information content (AvgIpc) is 3.10. The molecule has 7 heteroatoms. The van der Waals surface area contributed by atoms with E-state index in [1.807, 2.05) is 12.1 Å². The largest absolute Gasteiger partial charge is 0.466 e. The first-order valence-corrected chi connectivity index (χ1v) is 8.79. The zero-order valence-electron chi connectivity index (χ0n) is 14.0. The van der Waals surface area contributed by atoms with Crippen molar-refractivity contribution in [2.45, 2.75) is 5.16 Å². The molecule has 1 N–H and O–H groups in total. The number of aromatic nitrogens is 3. The Morgan fingerprint density at radius 2 is 1.92 bits per heavy atom. The molecule has 0 atom stereocenters. The summed E-state index contributed by atoms with van der Waals surface area (Å²) in [5, 5.41) is 0.700. The second-order valence-electron chi connectivity index (χ2n) is 5.24. The van der Waals surface area contributed by atoms with Crippen LogP contribution in [0.15, 0.2) is 66.1 Å². The van der Waals surface area contributed by atoms with Crippen molar-refractivity contribution in [1.29, 1.82) is 0 Å². The van der Waals surface area contributed by atoms with Crippen LogP contribution in [0.3, 0.4) is 0 Å². The lowest BCUT2D eigenvalue weighted by Gasteiger charge is -2.02. The molecule has 0 aliphatic heterocycles. The molecule has 26 heavy (non-hydrogen) atoms. The Hall–Kier alpha value is -2.93. The quantitative estimate of drug-likeness (QED) is 0.402. The van der Waals surface area contributed by atoms with Crippen LogP contribution in [0.1, 0.15) is 0 Å². The van der Waals surface area contributed by atoms with Crippen molar-refractivity contribution < 1.29 is 13.9 Å². The van der Waals surface area contributed by atoms with Gasteiger partial charge >= 0.3 is 5.97 Å². The van der Waals surface area contributed by atoms with Gasteiger partial charge in [-0.1, -0.05) is 17.8 Å². The van der Waals surface area contributed by atoms with Crippen molar-refractivity contribution in [3.63, 3.8) is 0 Å². The number of carbonyl (C=O) groups excluding carboxylic acids is 1. The van der Waals surface area contributed by atoms with Crippen LogP contribution in [0.25, 0.3) is 22.5 Å². The summed E-state index contributed by atoms with van der Waals surface area (Å²) < 4.78 is 17.8. The van der Waals surface area contributed by atoms with Gasteiger partial charge in [-0.3, -0.25) is 4.98 Å². The number of nitrogens with zero attached hydrogens (tertiary/aromatic N) is 2. The van der Waals surface area contributed by atoms with Crippen LogP contribution in [-0.4, -0.2) is 33.8 Å². The van der Waals surface area contributed by atoms with Gasteiger partial charge in [0.15, 0.2) is 5.16 Å². The monoisotopic (exact) mass is 369 g/mol. The zero-order valence-corrected chi connectivity index (χ0v) is 14.8. The fourth-order valence-electron chi connectivity index (χ4n) is 2.30. The predicted octanol–water partition coefficient (Wildman–Crippen LogP) is 4.10. The lowest BCUT2D eigenvalue weighted by Crippen LogP contribution is -1.93. The third-order valence-corrected chi connectivity index (χ3v) is 4.37. The summed E-state index contributed by atoms with van der Waals surface area (Å²) in [5.41, 5.74) is 3.31. The number of H-pyrrole nitrogens is 1. The number of methoxy groups -OCH3 is 1. The number of hydrogen-bond donors (Lipinski definition) is 1. The highest BCUT2D eigenvalue weighted by Crippen LogP contribution is 2.32. The fourth-order valence-corrected chi connectivity index (χ4v) is 2.98. The van der Waals surface area contributed by atoms with Crippen LogP contribution in [0.2, 0.25) is 0 Å². The van der Waals surface area contributed by atoms with E-state index in [9.17, 15) is 9.18 Å². The Balaban J connectivity index is 1.89. The number of esters is 1. The standard InChI is InChI=1S/C19H16FN3O2S/c1-25-16(24)3-2-12-26-19-22-17(13-4-6-15(20)7-5-13)18(23-19)14-8-10-21-11-9-14/h2-11H,12H2,1H3,(H,22,23)/b3-2+. The first-order valence-electron chi connectivity index (χ1n) is 7.81. The van der Waals surface area contributed by atoms with E-state index in [-0.39, 0.29) is 5.82 Å². The van der Waals surface area contributed by atoms with Crippen LogP contribution >= 0.6 is 11.8 Å². The number of rotatable bonds is 6. The first-order chi connectivity index (χ1) is 12.7. The van der Waals surface area contributed by atoms with E-state index in [1.165, 1.54) is 37.1 Å². The van der Waals surface area contributed by atoms with E-state index in [2.05, 4.69) is 19.7 Å². The van der Waals surface area contributed by atoms with Gasteiger partial charge in [-0.25, -0.2) is 14.2 Å². The number of carbonyl (C=O) groups is 1. The minimum absolute atomic E-state index is 0.294. The van der Waals surface area contributed by atoms with Gasteiger partial charge in [-0.15, -0.1) is 0 Å². The molecule has 0 saturated heterocycles. The maximum absolute atomic E-state index is 13.2. The van der Waals surface area contributed by atoms with Gasteiger partial charge in [0.2, 0.25) is 0 Å². The Morgan fingerprint density at radius 1 is 1.19 bits per heavy atom. The zero-order chi connectivity index (χ0) is 18.4. The van der Waals surface area contributed by atoms with Gasteiger partial charge < -0.3 is 9.72 Å². The lowest BCUT2D eigenvalue weighted by atomic mass is 10.1. The lowest BCUT2D eigenvalue weighted by molar-refractivity contribution is -0.134. The van der Waals surface area contributed by atoms with E-state index in [0.717, 1.165) is 22.5 Å². The molecule has 3 rings (SSSR count). The molecule has 0 aliphatic rings. The highest BCUT2D eigenvalue weighted by Gasteiger charge is 2.14. The Bertz CT molecular complexity index is 908. The number of ether oxygens (including phenoxy) is 1.